The Bertz CT molecular complexity index is 2220. The molecule has 17 heteroatoms. The molecule has 0 radical (unpaired) electrons. The highest BCUT2D eigenvalue weighted by Crippen LogP contribution is 2.45. The number of nitrogens with zero attached hydrogens (tertiary/aromatic N) is 4. The molecule has 0 saturated carbocycles. The highest BCUT2D eigenvalue weighted by atomic mass is 16.7. The molecule has 0 fully saturated rings. The van der Waals surface area contributed by atoms with Crippen LogP contribution in [0, 0.1) is 40.5 Å². The van der Waals surface area contributed by atoms with Crippen LogP contribution in [0.3, 0.4) is 0 Å². The zero-order valence-electron chi connectivity index (χ0n) is 28.0. The Balaban J connectivity index is 1.76. The molecule has 0 aliphatic rings. The van der Waals surface area contributed by atoms with Crippen LogP contribution in [0.25, 0.3) is 0 Å². The quantitative estimate of drug-likeness (QED) is 0.0569. The number of hydrogen-bond donors (Lipinski definition) is 0. The fourth-order valence-corrected chi connectivity index (χ4v) is 5.78. The van der Waals surface area contributed by atoms with E-state index in [9.17, 15) is 50.0 Å². The third-order valence-electron chi connectivity index (χ3n) is 8.22. The van der Waals surface area contributed by atoms with Crippen LogP contribution in [0.15, 0.2) is 121 Å². The Morgan fingerprint density at radius 2 is 1.09 bits per heavy atom. The lowest BCUT2D eigenvalue weighted by Crippen LogP contribution is -2.39. The van der Waals surface area contributed by atoms with E-state index in [0.717, 1.165) is 30.3 Å². The van der Waals surface area contributed by atoms with E-state index < -0.39 is 85.1 Å². The van der Waals surface area contributed by atoms with Crippen LogP contribution in [0.1, 0.15) is 38.2 Å². The van der Waals surface area contributed by atoms with Gasteiger partial charge in [0.1, 0.15) is 13.2 Å². The first-order valence-electron chi connectivity index (χ1n) is 15.9. The summed E-state index contributed by atoms with van der Waals surface area (Å²) in [7, 11) is 0. The summed E-state index contributed by atoms with van der Waals surface area (Å²) in [4.78, 5) is 72.7. The van der Waals surface area contributed by atoms with Gasteiger partial charge in [0.05, 0.1) is 25.3 Å². The number of nitro benzene ring substituents is 4. The number of carbonyl (C=O) groups is 2. The second-order valence-electron chi connectivity index (χ2n) is 11.7. The molecule has 0 N–H and O–H groups in total. The van der Waals surface area contributed by atoms with Crippen LogP contribution in [-0.4, -0.2) is 31.8 Å². The summed E-state index contributed by atoms with van der Waals surface area (Å²) in [5.74, 6) is -1.46. The van der Waals surface area contributed by atoms with Gasteiger partial charge < -0.3 is 14.2 Å². The van der Waals surface area contributed by atoms with Crippen molar-refractivity contribution < 1.29 is 43.5 Å². The number of benzene rings is 5. The molecule has 1 atom stereocenters. The van der Waals surface area contributed by atoms with Crippen molar-refractivity contribution in [1.82, 2.24) is 0 Å². The molecule has 0 saturated heterocycles. The average Bonchev–Trinajstić information content (AvgIpc) is 3.16. The predicted molar refractivity (Wildman–Crippen MR) is 188 cm³/mol. The Kier molecular flexibility index (Phi) is 11.6. The van der Waals surface area contributed by atoms with Gasteiger partial charge in [-0.05, 0) is 22.8 Å². The molecule has 1 unspecified atom stereocenters. The molecular weight excluding hydrogens is 708 g/mol. The van der Waals surface area contributed by atoms with E-state index in [1.54, 1.807) is 60.7 Å². The minimum Gasteiger partial charge on any atom is -0.457 e. The maximum atomic E-state index is 13.7. The van der Waals surface area contributed by atoms with Crippen molar-refractivity contribution in [2.75, 3.05) is 0 Å². The van der Waals surface area contributed by atoms with Crippen LogP contribution in [0.2, 0.25) is 0 Å². The van der Waals surface area contributed by atoms with Crippen LogP contribution in [-0.2, 0) is 45.9 Å². The van der Waals surface area contributed by atoms with Gasteiger partial charge in [-0.25, -0.2) is 9.59 Å². The lowest BCUT2D eigenvalue weighted by molar-refractivity contribution is -0.395. The van der Waals surface area contributed by atoms with E-state index in [2.05, 4.69) is 0 Å². The molecule has 0 aliphatic carbocycles. The monoisotopic (exact) mass is 736 g/mol. The van der Waals surface area contributed by atoms with Gasteiger partial charge in [0.25, 0.3) is 22.7 Å². The SMILES string of the molecule is O=C(OCc1ccccc1)OC(Cc1ccc([N+](=O)[O-])cc1)(Cc1ccccc1[N+](=O)[O-])c1ccc([N+](=O)[O-])c(C(=O)OCc2ccccc2)c1[N+](=O)[O-]. The fourth-order valence-electron chi connectivity index (χ4n) is 5.78. The van der Waals surface area contributed by atoms with Crippen LogP contribution in [0.5, 0.6) is 0 Å². The second-order valence-corrected chi connectivity index (χ2v) is 11.7. The van der Waals surface area contributed by atoms with Gasteiger partial charge in [-0.2, -0.15) is 0 Å². The first-order valence-corrected chi connectivity index (χ1v) is 15.9. The molecule has 5 aromatic rings. The third-order valence-corrected chi connectivity index (χ3v) is 8.22. The molecule has 0 aromatic heterocycles. The van der Waals surface area contributed by atoms with E-state index in [1.807, 2.05) is 0 Å². The molecule has 0 aliphatic heterocycles. The summed E-state index contributed by atoms with van der Waals surface area (Å²) < 4.78 is 16.7. The number of carbonyl (C=O) groups excluding carboxylic acids is 2. The van der Waals surface area contributed by atoms with Gasteiger partial charge >= 0.3 is 12.1 Å². The van der Waals surface area contributed by atoms with E-state index in [4.69, 9.17) is 14.2 Å². The standard InChI is InChI=1S/C37H28N4O13/c42-35(52-23-26-9-3-1-4-10-26)33-32(40(48)49)20-19-30(34(33)41(50)51)37(21-25-15-17-29(18-16-25)38(44)45,22-28-13-7-8-14-31(28)39(46)47)54-36(43)53-24-27-11-5-2-6-12-27/h1-20H,21-24H2. The summed E-state index contributed by atoms with van der Waals surface area (Å²) in [5.41, 5.74) is -5.99. The van der Waals surface area contributed by atoms with Crippen molar-refractivity contribution in [2.24, 2.45) is 0 Å². The van der Waals surface area contributed by atoms with Gasteiger partial charge in [0, 0.05) is 42.7 Å². The Labute approximate surface area is 304 Å². The number of rotatable bonds is 15. The molecule has 17 nitrogen and oxygen atoms in total. The van der Waals surface area contributed by atoms with Crippen molar-refractivity contribution >= 4 is 34.9 Å². The summed E-state index contributed by atoms with van der Waals surface area (Å²) in [5, 5.41) is 48.9. The lowest BCUT2D eigenvalue weighted by atomic mass is 9.79. The van der Waals surface area contributed by atoms with Gasteiger partial charge in [-0.1, -0.05) is 91.0 Å². The summed E-state index contributed by atoms with van der Waals surface area (Å²) in [6.07, 6.45) is -2.65. The number of nitro groups is 4. The average molecular weight is 737 g/mol. The van der Waals surface area contributed by atoms with E-state index in [-0.39, 0.29) is 23.4 Å². The van der Waals surface area contributed by atoms with Crippen molar-refractivity contribution in [1.29, 1.82) is 0 Å². The van der Waals surface area contributed by atoms with Gasteiger partial charge in [-0.15, -0.1) is 0 Å². The van der Waals surface area contributed by atoms with Gasteiger partial charge in [0.15, 0.2) is 5.60 Å². The molecule has 274 valence electrons. The minimum atomic E-state index is -2.40. The van der Waals surface area contributed by atoms with Crippen LogP contribution in [0.4, 0.5) is 27.5 Å². The van der Waals surface area contributed by atoms with Crippen molar-refractivity contribution in [3.05, 3.63) is 195 Å². The molecule has 5 rings (SSSR count). The molecule has 0 spiro atoms. The summed E-state index contributed by atoms with van der Waals surface area (Å²) in [6, 6.07) is 28.3. The van der Waals surface area contributed by atoms with Gasteiger partial charge in [0.2, 0.25) is 5.56 Å². The first-order chi connectivity index (χ1) is 25.9. The number of para-hydroxylation sites is 1. The Hall–Kier alpha value is -7.56. The number of non-ortho nitro benzene ring substituents is 1. The minimum absolute atomic E-state index is 0.0962. The maximum absolute atomic E-state index is 13.7. The second kappa shape index (κ2) is 16.6. The maximum Gasteiger partial charge on any atom is 0.509 e. The molecule has 0 heterocycles. The molecule has 0 amide bonds. The Morgan fingerprint density at radius 3 is 1.65 bits per heavy atom. The zero-order valence-corrected chi connectivity index (χ0v) is 28.0. The smallest absolute Gasteiger partial charge is 0.457 e. The van der Waals surface area contributed by atoms with Crippen LogP contribution < -0.4 is 0 Å². The zero-order chi connectivity index (χ0) is 38.8. The number of hydrogen-bond acceptors (Lipinski definition) is 13. The van der Waals surface area contributed by atoms with Gasteiger partial charge in [-0.3, -0.25) is 40.5 Å². The van der Waals surface area contributed by atoms with Crippen molar-refractivity contribution in [2.45, 2.75) is 31.7 Å². The third kappa shape index (κ3) is 8.83. The van der Waals surface area contributed by atoms with Crippen LogP contribution >= 0.6 is 0 Å². The van der Waals surface area contributed by atoms with E-state index >= 15 is 0 Å². The predicted octanol–water partition coefficient (Wildman–Crippen LogP) is 7.71. The highest BCUT2D eigenvalue weighted by molar-refractivity contribution is 5.99. The molecule has 0 bridgehead atoms. The topological polar surface area (TPSA) is 234 Å². The van der Waals surface area contributed by atoms with Crippen molar-refractivity contribution in [3.8, 4) is 0 Å². The number of esters is 1. The summed E-state index contributed by atoms with van der Waals surface area (Å²) in [6.45, 7) is -0.761. The normalized spacial score (nSPS) is 11.8. The molecule has 54 heavy (non-hydrogen) atoms. The van der Waals surface area contributed by atoms with E-state index in [1.165, 1.54) is 30.3 Å². The number of ether oxygens (including phenoxy) is 3. The van der Waals surface area contributed by atoms with Crippen molar-refractivity contribution in [3.63, 3.8) is 0 Å². The largest absolute Gasteiger partial charge is 0.509 e. The molecule has 5 aromatic carbocycles. The first kappa shape index (κ1) is 37.7. The van der Waals surface area contributed by atoms with E-state index in [0.29, 0.717) is 11.1 Å². The Morgan fingerprint density at radius 1 is 0.537 bits per heavy atom. The lowest BCUT2D eigenvalue weighted by Gasteiger charge is -2.33. The fraction of sp³-hybridized carbons (Fsp3) is 0.135. The molecular formula is C37H28N4O13. The summed E-state index contributed by atoms with van der Waals surface area (Å²) >= 11 is 0. The highest BCUT2D eigenvalue weighted by Gasteiger charge is 2.48.